The number of para-hydroxylation sites is 1. The van der Waals surface area contributed by atoms with E-state index in [1.807, 2.05) is 6.07 Å². The minimum Gasteiger partial charge on any atom is -0.292 e. The van der Waals surface area contributed by atoms with Crippen LogP contribution in [0.25, 0.3) is 39.2 Å². The van der Waals surface area contributed by atoms with Crippen LogP contribution in [0.4, 0.5) is 0 Å². The van der Waals surface area contributed by atoms with E-state index >= 15 is 0 Å². The summed E-state index contributed by atoms with van der Waals surface area (Å²) in [5.41, 5.74) is 9.47. The van der Waals surface area contributed by atoms with Crippen molar-refractivity contribution >= 4 is 11.0 Å². The van der Waals surface area contributed by atoms with Crippen LogP contribution in [0, 0.1) is 6.92 Å². The van der Waals surface area contributed by atoms with Crippen LogP contribution in [-0.2, 0) is 0 Å². The van der Waals surface area contributed by atoms with E-state index in [0.717, 1.165) is 22.4 Å². The standard InChI is InChI=1S/C29H26N2/c1-20(2)25-11-7-8-12-27(25)31-28-19-24(22-15-13-21(3)14-16-22)17-18-26(28)30-29(31)23-9-5-4-6-10-23/h4-20H,1-3H3. The van der Waals surface area contributed by atoms with Gasteiger partial charge in [-0.05, 0) is 47.7 Å². The van der Waals surface area contributed by atoms with Gasteiger partial charge in [-0.1, -0.05) is 98.3 Å². The van der Waals surface area contributed by atoms with Gasteiger partial charge >= 0.3 is 0 Å². The minimum atomic E-state index is 0.414. The van der Waals surface area contributed by atoms with Crippen molar-refractivity contribution in [2.45, 2.75) is 26.7 Å². The topological polar surface area (TPSA) is 17.8 Å². The summed E-state index contributed by atoms with van der Waals surface area (Å²) in [4.78, 5) is 5.07. The number of fused-ring (bicyclic) bond motifs is 1. The predicted octanol–water partition coefficient (Wildman–Crippen LogP) is 7.79. The molecule has 0 spiro atoms. The second kappa shape index (κ2) is 7.88. The zero-order valence-electron chi connectivity index (χ0n) is 18.2. The number of hydrogen-bond acceptors (Lipinski definition) is 1. The number of imidazole rings is 1. The molecule has 0 radical (unpaired) electrons. The van der Waals surface area contributed by atoms with E-state index in [1.165, 1.54) is 27.9 Å². The Hall–Kier alpha value is -3.65. The molecule has 0 atom stereocenters. The molecule has 1 heterocycles. The van der Waals surface area contributed by atoms with Gasteiger partial charge in [0.15, 0.2) is 0 Å². The van der Waals surface area contributed by atoms with Crippen molar-refractivity contribution in [3.8, 4) is 28.2 Å². The summed E-state index contributed by atoms with van der Waals surface area (Å²) >= 11 is 0. The molecule has 0 aliphatic carbocycles. The second-order valence-electron chi connectivity index (χ2n) is 8.42. The molecule has 5 aromatic rings. The Bertz CT molecular complexity index is 1340. The SMILES string of the molecule is Cc1ccc(-c2ccc3nc(-c4ccccc4)n(-c4ccccc4C(C)C)c3c2)cc1. The van der Waals surface area contributed by atoms with Gasteiger partial charge in [-0.3, -0.25) is 4.57 Å². The Morgan fingerprint density at radius 2 is 1.35 bits per heavy atom. The number of aromatic nitrogens is 2. The van der Waals surface area contributed by atoms with Crippen LogP contribution in [-0.4, -0.2) is 9.55 Å². The third-order valence-corrected chi connectivity index (χ3v) is 5.87. The molecule has 0 bridgehead atoms. The maximum atomic E-state index is 5.07. The van der Waals surface area contributed by atoms with Crippen molar-refractivity contribution in [3.63, 3.8) is 0 Å². The predicted molar refractivity (Wildman–Crippen MR) is 131 cm³/mol. The van der Waals surface area contributed by atoms with Crippen LogP contribution in [0.15, 0.2) is 97.1 Å². The summed E-state index contributed by atoms with van der Waals surface area (Å²) in [6.45, 7) is 6.62. The number of benzene rings is 4. The van der Waals surface area contributed by atoms with Crippen LogP contribution >= 0.6 is 0 Å². The lowest BCUT2D eigenvalue weighted by Crippen LogP contribution is -2.03. The minimum absolute atomic E-state index is 0.414. The van der Waals surface area contributed by atoms with Gasteiger partial charge < -0.3 is 0 Å². The molecule has 1 aromatic heterocycles. The molecule has 4 aromatic carbocycles. The summed E-state index contributed by atoms with van der Waals surface area (Å²) in [7, 11) is 0. The first-order valence-electron chi connectivity index (χ1n) is 10.9. The number of aryl methyl sites for hydroxylation is 1. The first-order valence-corrected chi connectivity index (χ1v) is 10.9. The highest BCUT2D eigenvalue weighted by molar-refractivity contribution is 5.87. The molecule has 0 aliphatic heterocycles. The van der Waals surface area contributed by atoms with Crippen LogP contribution in [0.5, 0.6) is 0 Å². The highest BCUT2D eigenvalue weighted by atomic mass is 15.1. The van der Waals surface area contributed by atoms with Gasteiger partial charge in [0.25, 0.3) is 0 Å². The molecule has 152 valence electrons. The number of hydrogen-bond donors (Lipinski definition) is 0. The van der Waals surface area contributed by atoms with Crippen LogP contribution in [0.2, 0.25) is 0 Å². The fourth-order valence-corrected chi connectivity index (χ4v) is 4.20. The summed E-state index contributed by atoms with van der Waals surface area (Å²) in [5.74, 6) is 1.39. The average molecular weight is 403 g/mol. The molecule has 0 fully saturated rings. The smallest absolute Gasteiger partial charge is 0.145 e. The van der Waals surface area contributed by atoms with E-state index in [9.17, 15) is 0 Å². The third kappa shape index (κ3) is 3.55. The van der Waals surface area contributed by atoms with Gasteiger partial charge in [0.05, 0.1) is 16.7 Å². The maximum Gasteiger partial charge on any atom is 0.145 e. The highest BCUT2D eigenvalue weighted by Gasteiger charge is 2.18. The van der Waals surface area contributed by atoms with E-state index in [1.54, 1.807) is 0 Å². The Balaban J connectivity index is 1.81. The molecule has 2 nitrogen and oxygen atoms in total. The molecule has 0 amide bonds. The van der Waals surface area contributed by atoms with Crippen LogP contribution in [0.1, 0.15) is 30.9 Å². The Labute approximate surface area is 183 Å². The van der Waals surface area contributed by atoms with Crippen molar-refractivity contribution < 1.29 is 0 Å². The summed E-state index contributed by atoms with van der Waals surface area (Å²) in [6, 6.07) is 34.5. The fraction of sp³-hybridized carbons (Fsp3) is 0.138. The lowest BCUT2D eigenvalue weighted by Gasteiger charge is -2.17. The lowest BCUT2D eigenvalue weighted by molar-refractivity contribution is 0.851. The zero-order chi connectivity index (χ0) is 21.4. The van der Waals surface area contributed by atoms with Crippen molar-refractivity contribution in [1.29, 1.82) is 0 Å². The largest absolute Gasteiger partial charge is 0.292 e. The van der Waals surface area contributed by atoms with Gasteiger partial charge in [0.2, 0.25) is 0 Å². The Morgan fingerprint density at radius 3 is 2.10 bits per heavy atom. The van der Waals surface area contributed by atoms with Crippen molar-refractivity contribution in [1.82, 2.24) is 9.55 Å². The molecule has 31 heavy (non-hydrogen) atoms. The summed E-state index contributed by atoms with van der Waals surface area (Å²) in [5, 5.41) is 0. The summed E-state index contributed by atoms with van der Waals surface area (Å²) in [6.07, 6.45) is 0. The van der Waals surface area contributed by atoms with Gasteiger partial charge in [-0.2, -0.15) is 0 Å². The summed E-state index contributed by atoms with van der Waals surface area (Å²) < 4.78 is 2.33. The molecule has 0 saturated carbocycles. The van der Waals surface area contributed by atoms with Crippen LogP contribution < -0.4 is 0 Å². The molecule has 5 rings (SSSR count). The lowest BCUT2D eigenvalue weighted by atomic mass is 10.0. The van der Waals surface area contributed by atoms with E-state index in [4.69, 9.17) is 4.98 Å². The van der Waals surface area contributed by atoms with Gasteiger partial charge in [0.1, 0.15) is 5.82 Å². The molecule has 0 N–H and O–H groups in total. The second-order valence-corrected chi connectivity index (χ2v) is 8.42. The maximum absolute atomic E-state index is 5.07. The molecular formula is C29H26N2. The van der Waals surface area contributed by atoms with E-state index in [-0.39, 0.29) is 0 Å². The van der Waals surface area contributed by atoms with Gasteiger partial charge in [0, 0.05) is 5.56 Å². The van der Waals surface area contributed by atoms with E-state index in [2.05, 4.69) is 116 Å². The normalized spacial score (nSPS) is 11.4. The van der Waals surface area contributed by atoms with Crippen molar-refractivity contribution in [3.05, 3.63) is 108 Å². The number of nitrogens with zero attached hydrogens (tertiary/aromatic N) is 2. The van der Waals surface area contributed by atoms with Crippen molar-refractivity contribution in [2.75, 3.05) is 0 Å². The molecule has 0 saturated heterocycles. The van der Waals surface area contributed by atoms with E-state index < -0.39 is 0 Å². The molecular weight excluding hydrogens is 376 g/mol. The average Bonchev–Trinajstić information content (AvgIpc) is 3.19. The highest BCUT2D eigenvalue weighted by Crippen LogP contribution is 2.34. The Kier molecular flexibility index (Phi) is 4.91. The number of rotatable bonds is 4. The molecule has 0 unspecified atom stereocenters. The first-order chi connectivity index (χ1) is 15.1. The van der Waals surface area contributed by atoms with Crippen LogP contribution in [0.3, 0.4) is 0 Å². The monoisotopic (exact) mass is 402 g/mol. The third-order valence-electron chi connectivity index (χ3n) is 5.87. The van der Waals surface area contributed by atoms with Gasteiger partial charge in [-0.25, -0.2) is 4.98 Å². The fourth-order valence-electron chi connectivity index (χ4n) is 4.20. The first kappa shape index (κ1) is 19.3. The molecule has 2 heteroatoms. The Morgan fingerprint density at radius 1 is 0.677 bits per heavy atom. The van der Waals surface area contributed by atoms with E-state index in [0.29, 0.717) is 5.92 Å². The van der Waals surface area contributed by atoms with Gasteiger partial charge in [-0.15, -0.1) is 0 Å². The quantitative estimate of drug-likeness (QED) is 0.300. The zero-order valence-corrected chi connectivity index (χ0v) is 18.2. The molecule has 0 aliphatic rings. The van der Waals surface area contributed by atoms with Crippen molar-refractivity contribution in [2.24, 2.45) is 0 Å².